The third-order valence-electron chi connectivity index (χ3n) is 4.55. The Morgan fingerprint density at radius 2 is 1.48 bits per heavy atom. The molecule has 0 radical (unpaired) electrons. The van der Waals surface area contributed by atoms with E-state index in [9.17, 15) is 9.59 Å². The fourth-order valence-electron chi connectivity index (χ4n) is 3.00. The Morgan fingerprint density at radius 3 is 2.10 bits per heavy atom. The van der Waals surface area contributed by atoms with Gasteiger partial charge in [-0.2, -0.15) is 0 Å². The van der Waals surface area contributed by atoms with E-state index in [2.05, 4.69) is 5.32 Å². The van der Waals surface area contributed by atoms with Crippen LogP contribution in [-0.2, 0) is 9.53 Å². The van der Waals surface area contributed by atoms with Crippen LogP contribution >= 0.6 is 0 Å². The fraction of sp³-hybridized carbons (Fsp3) is 0.167. The molecule has 31 heavy (non-hydrogen) atoms. The Morgan fingerprint density at radius 1 is 0.774 bits per heavy atom. The number of amides is 1. The van der Waals surface area contributed by atoms with Crippen LogP contribution in [0.1, 0.15) is 22.0 Å². The Hall–Kier alpha value is -4.00. The molecule has 0 aliphatic carbocycles. The van der Waals surface area contributed by atoms with Gasteiger partial charge in [0.25, 0.3) is 5.91 Å². The van der Waals surface area contributed by atoms with Crippen molar-refractivity contribution in [2.24, 2.45) is 0 Å². The van der Waals surface area contributed by atoms with Gasteiger partial charge in [-0.15, -0.1) is 0 Å². The maximum absolute atomic E-state index is 13.0. The Labute approximate surface area is 180 Å². The highest BCUT2D eigenvalue weighted by atomic mass is 16.6. The van der Waals surface area contributed by atoms with Gasteiger partial charge in [0.2, 0.25) is 6.10 Å². The maximum Gasteiger partial charge on any atom is 0.343 e. The number of nitrogens with one attached hydrogen (secondary N) is 1. The van der Waals surface area contributed by atoms with Crippen molar-refractivity contribution < 1.29 is 28.5 Å². The highest BCUT2D eigenvalue weighted by Gasteiger charge is 2.28. The summed E-state index contributed by atoms with van der Waals surface area (Å²) < 4.78 is 21.3. The monoisotopic (exact) mass is 421 g/mol. The van der Waals surface area contributed by atoms with Gasteiger partial charge in [-0.1, -0.05) is 36.4 Å². The van der Waals surface area contributed by atoms with Gasteiger partial charge in [-0.05, 0) is 36.4 Å². The van der Waals surface area contributed by atoms with Crippen LogP contribution in [0.2, 0.25) is 0 Å². The number of hydrogen-bond acceptors (Lipinski definition) is 6. The SMILES string of the molecule is COc1ccc(NC(=O)C(OC(=O)c2cccc(OC)c2OC)c2ccccc2)cc1. The van der Waals surface area contributed by atoms with Gasteiger partial charge in [0.1, 0.15) is 11.3 Å². The summed E-state index contributed by atoms with van der Waals surface area (Å²) in [6.45, 7) is 0. The number of benzene rings is 3. The summed E-state index contributed by atoms with van der Waals surface area (Å²) in [5, 5.41) is 2.77. The Balaban J connectivity index is 1.88. The number of carbonyl (C=O) groups excluding carboxylic acids is 2. The average Bonchev–Trinajstić information content (AvgIpc) is 2.82. The molecule has 1 N–H and O–H groups in total. The number of hydrogen-bond donors (Lipinski definition) is 1. The van der Waals surface area contributed by atoms with Crippen LogP contribution in [0, 0.1) is 0 Å². The van der Waals surface area contributed by atoms with Crippen LogP contribution in [0.25, 0.3) is 0 Å². The molecule has 3 aromatic rings. The molecule has 0 aromatic heterocycles. The molecule has 0 fully saturated rings. The molecule has 7 nitrogen and oxygen atoms in total. The van der Waals surface area contributed by atoms with E-state index in [1.54, 1.807) is 73.8 Å². The van der Waals surface area contributed by atoms with E-state index in [-0.39, 0.29) is 11.3 Å². The van der Waals surface area contributed by atoms with Crippen LogP contribution in [-0.4, -0.2) is 33.2 Å². The van der Waals surface area contributed by atoms with Crippen LogP contribution in [0.5, 0.6) is 17.2 Å². The first-order valence-corrected chi connectivity index (χ1v) is 9.49. The minimum Gasteiger partial charge on any atom is -0.497 e. The standard InChI is InChI=1S/C24H23NO6/c1-28-18-14-12-17(13-15-18)25-23(26)21(16-8-5-4-6-9-16)31-24(27)19-10-7-11-20(29-2)22(19)30-3/h4-15,21H,1-3H3,(H,25,26). The molecule has 1 unspecified atom stereocenters. The van der Waals surface area contributed by atoms with Gasteiger partial charge in [0.15, 0.2) is 11.5 Å². The van der Waals surface area contributed by atoms with Crippen molar-refractivity contribution in [1.82, 2.24) is 0 Å². The Bertz CT molecular complexity index is 1030. The highest BCUT2D eigenvalue weighted by molar-refractivity contribution is 5.99. The lowest BCUT2D eigenvalue weighted by molar-refractivity contribution is -0.125. The highest BCUT2D eigenvalue weighted by Crippen LogP contribution is 2.32. The Kier molecular flexibility index (Phi) is 7.11. The summed E-state index contributed by atoms with van der Waals surface area (Å²) in [6, 6.07) is 20.5. The van der Waals surface area contributed by atoms with E-state index in [4.69, 9.17) is 18.9 Å². The van der Waals surface area contributed by atoms with Crippen molar-refractivity contribution in [1.29, 1.82) is 0 Å². The molecule has 1 amide bonds. The zero-order valence-corrected chi connectivity index (χ0v) is 17.5. The molecule has 0 saturated heterocycles. The molecule has 0 bridgehead atoms. The molecule has 3 rings (SSSR count). The predicted octanol–water partition coefficient (Wildman–Crippen LogP) is 4.25. The number of rotatable bonds is 8. The average molecular weight is 421 g/mol. The quantitative estimate of drug-likeness (QED) is 0.548. The van der Waals surface area contributed by atoms with Crippen LogP contribution < -0.4 is 19.5 Å². The second-order valence-corrected chi connectivity index (χ2v) is 6.45. The summed E-state index contributed by atoms with van der Waals surface area (Å²) in [4.78, 5) is 26.0. The molecule has 1 atom stereocenters. The summed E-state index contributed by atoms with van der Waals surface area (Å²) in [5.74, 6) is 0.0727. The third kappa shape index (κ3) is 5.14. The molecule has 7 heteroatoms. The first-order valence-electron chi connectivity index (χ1n) is 9.49. The fourth-order valence-corrected chi connectivity index (χ4v) is 3.00. The zero-order valence-electron chi connectivity index (χ0n) is 17.5. The lowest BCUT2D eigenvalue weighted by Gasteiger charge is -2.19. The molecular weight excluding hydrogens is 398 g/mol. The largest absolute Gasteiger partial charge is 0.497 e. The lowest BCUT2D eigenvalue weighted by atomic mass is 10.1. The number of carbonyl (C=O) groups is 2. The molecule has 3 aromatic carbocycles. The van der Waals surface area contributed by atoms with E-state index < -0.39 is 18.0 Å². The van der Waals surface area contributed by atoms with Crippen molar-refractivity contribution in [3.8, 4) is 17.2 Å². The van der Waals surface area contributed by atoms with E-state index in [0.29, 0.717) is 22.7 Å². The van der Waals surface area contributed by atoms with Crippen molar-refractivity contribution in [3.05, 3.63) is 83.9 Å². The first kappa shape index (κ1) is 21.7. The second-order valence-electron chi connectivity index (χ2n) is 6.45. The summed E-state index contributed by atoms with van der Waals surface area (Å²) >= 11 is 0. The van der Waals surface area contributed by atoms with E-state index in [1.807, 2.05) is 6.07 Å². The van der Waals surface area contributed by atoms with Crippen molar-refractivity contribution in [2.45, 2.75) is 6.10 Å². The van der Waals surface area contributed by atoms with Gasteiger partial charge in [0, 0.05) is 11.3 Å². The number of esters is 1. The van der Waals surface area contributed by atoms with E-state index in [0.717, 1.165) is 0 Å². The molecule has 0 heterocycles. The number of anilines is 1. The topological polar surface area (TPSA) is 83.1 Å². The number of para-hydroxylation sites is 1. The van der Waals surface area contributed by atoms with Crippen LogP contribution in [0.15, 0.2) is 72.8 Å². The lowest BCUT2D eigenvalue weighted by Crippen LogP contribution is -2.26. The molecular formula is C24H23NO6. The maximum atomic E-state index is 13.0. The predicted molar refractivity (Wildman–Crippen MR) is 116 cm³/mol. The molecule has 0 aliphatic heterocycles. The molecule has 0 spiro atoms. The molecule has 160 valence electrons. The zero-order chi connectivity index (χ0) is 22.2. The summed E-state index contributed by atoms with van der Waals surface area (Å²) in [6.07, 6.45) is -1.17. The van der Waals surface area contributed by atoms with Gasteiger partial charge in [-0.3, -0.25) is 4.79 Å². The third-order valence-corrected chi connectivity index (χ3v) is 4.55. The van der Waals surface area contributed by atoms with Crippen molar-refractivity contribution in [3.63, 3.8) is 0 Å². The summed E-state index contributed by atoms with van der Waals surface area (Å²) in [5.41, 5.74) is 1.23. The van der Waals surface area contributed by atoms with Crippen LogP contribution in [0.4, 0.5) is 5.69 Å². The van der Waals surface area contributed by atoms with Gasteiger partial charge in [-0.25, -0.2) is 4.79 Å². The van der Waals surface area contributed by atoms with Gasteiger partial charge >= 0.3 is 5.97 Å². The van der Waals surface area contributed by atoms with Crippen LogP contribution in [0.3, 0.4) is 0 Å². The van der Waals surface area contributed by atoms with Gasteiger partial charge in [0.05, 0.1) is 21.3 Å². The molecule has 0 saturated carbocycles. The summed E-state index contributed by atoms with van der Waals surface area (Å²) in [7, 11) is 4.47. The van der Waals surface area contributed by atoms with E-state index in [1.165, 1.54) is 14.2 Å². The second kappa shape index (κ2) is 10.2. The minimum absolute atomic E-state index is 0.153. The first-order chi connectivity index (χ1) is 15.1. The van der Waals surface area contributed by atoms with Crippen molar-refractivity contribution in [2.75, 3.05) is 26.6 Å². The minimum atomic E-state index is -1.17. The number of methoxy groups -OCH3 is 3. The van der Waals surface area contributed by atoms with Crippen molar-refractivity contribution >= 4 is 17.6 Å². The normalized spacial score (nSPS) is 11.2. The van der Waals surface area contributed by atoms with E-state index >= 15 is 0 Å². The smallest absolute Gasteiger partial charge is 0.343 e. The van der Waals surface area contributed by atoms with Gasteiger partial charge < -0.3 is 24.3 Å². The molecule has 0 aliphatic rings. The number of ether oxygens (including phenoxy) is 4.